The molecule has 1 N–H and O–H groups in total. The van der Waals surface area contributed by atoms with Gasteiger partial charge in [-0.05, 0) is 36.8 Å². The molecule has 0 fully saturated rings. The van der Waals surface area contributed by atoms with Gasteiger partial charge in [0.2, 0.25) is 5.91 Å². The maximum Gasteiger partial charge on any atom is 0.223 e. The van der Waals surface area contributed by atoms with E-state index in [0.717, 1.165) is 25.7 Å². The molecule has 0 heterocycles. The van der Waals surface area contributed by atoms with Crippen LogP contribution in [0.1, 0.15) is 37.3 Å². The summed E-state index contributed by atoms with van der Waals surface area (Å²) < 4.78 is 0. The molecule has 1 aromatic rings. The zero-order valence-corrected chi connectivity index (χ0v) is 11.5. The Morgan fingerprint density at radius 1 is 1.47 bits per heavy atom. The first-order valence-electron chi connectivity index (χ1n) is 7.05. The lowest BCUT2D eigenvalue weighted by molar-refractivity contribution is -0.126. The third-order valence-electron chi connectivity index (χ3n) is 3.92. The van der Waals surface area contributed by atoms with Crippen molar-refractivity contribution in [1.82, 2.24) is 5.32 Å². The van der Waals surface area contributed by atoms with Gasteiger partial charge < -0.3 is 5.32 Å². The van der Waals surface area contributed by atoms with Crippen LogP contribution in [-0.2, 0) is 17.6 Å². The van der Waals surface area contributed by atoms with E-state index in [4.69, 9.17) is 6.42 Å². The maximum absolute atomic E-state index is 12.3. The number of hydrogen-bond acceptors (Lipinski definition) is 1. The summed E-state index contributed by atoms with van der Waals surface area (Å²) in [5.41, 5.74) is 2.71. The fourth-order valence-electron chi connectivity index (χ4n) is 2.68. The molecule has 1 aromatic carbocycles. The molecule has 2 atom stereocenters. The predicted octanol–water partition coefficient (Wildman–Crippen LogP) is 2.71. The van der Waals surface area contributed by atoms with Crippen LogP contribution in [0.25, 0.3) is 0 Å². The van der Waals surface area contributed by atoms with Crippen LogP contribution < -0.4 is 5.32 Å². The maximum atomic E-state index is 12.3. The van der Waals surface area contributed by atoms with Crippen molar-refractivity contribution in [2.45, 2.75) is 45.1 Å². The number of fused-ring (bicyclic) bond motifs is 1. The van der Waals surface area contributed by atoms with E-state index < -0.39 is 0 Å². The van der Waals surface area contributed by atoms with Gasteiger partial charge in [0, 0.05) is 18.4 Å². The monoisotopic (exact) mass is 255 g/mol. The van der Waals surface area contributed by atoms with Crippen LogP contribution in [0.15, 0.2) is 24.3 Å². The molecule has 0 saturated heterocycles. The predicted molar refractivity (Wildman–Crippen MR) is 77.6 cm³/mol. The highest BCUT2D eigenvalue weighted by Gasteiger charge is 2.25. The van der Waals surface area contributed by atoms with Gasteiger partial charge in [-0.1, -0.05) is 31.2 Å². The third kappa shape index (κ3) is 3.38. The first-order valence-corrected chi connectivity index (χ1v) is 7.05. The lowest BCUT2D eigenvalue weighted by atomic mass is 9.83. The van der Waals surface area contributed by atoms with Crippen molar-refractivity contribution in [1.29, 1.82) is 0 Å². The van der Waals surface area contributed by atoms with Crippen molar-refractivity contribution in [3.05, 3.63) is 35.4 Å². The second kappa shape index (κ2) is 6.43. The van der Waals surface area contributed by atoms with Gasteiger partial charge in [-0.3, -0.25) is 4.79 Å². The van der Waals surface area contributed by atoms with Crippen molar-refractivity contribution < 1.29 is 4.79 Å². The number of nitrogens with one attached hydrogen (secondary N) is 1. The number of amides is 1. The highest BCUT2D eigenvalue weighted by atomic mass is 16.1. The fraction of sp³-hybridized carbons (Fsp3) is 0.471. The zero-order chi connectivity index (χ0) is 13.7. The highest BCUT2D eigenvalue weighted by Crippen LogP contribution is 2.25. The summed E-state index contributed by atoms with van der Waals surface area (Å²) in [6, 6.07) is 8.53. The van der Waals surface area contributed by atoms with E-state index in [1.54, 1.807) is 0 Å². The highest BCUT2D eigenvalue weighted by molar-refractivity contribution is 5.79. The second-order valence-electron chi connectivity index (χ2n) is 5.23. The van der Waals surface area contributed by atoms with Crippen LogP contribution in [0.4, 0.5) is 0 Å². The Balaban J connectivity index is 1.97. The summed E-state index contributed by atoms with van der Waals surface area (Å²) >= 11 is 0. The van der Waals surface area contributed by atoms with Gasteiger partial charge in [0.1, 0.15) is 0 Å². The molecule has 0 bridgehead atoms. The molecule has 0 spiro atoms. The van der Waals surface area contributed by atoms with Gasteiger partial charge >= 0.3 is 0 Å². The Morgan fingerprint density at radius 3 is 2.89 bits per heavy atom. The Morgan fingerprint density at radius 2 is 2.21 bits per heavy atom. The molecular formula is C17H21NO. The molecule has 19 heavy (non-hydrogen) atoms. The van der Waals surface area contributed by atoms with Gasteiger partial charge in [0.15, 0.2) is 0 Å². The van der Waals surface area contributed by atoms with Crippen LogP contribution >= 0.6 is 0 Å². The van der Waals surface area contributed by atoms with Crippen LogP contribution in [0.2, 0.25) is 0 Å². The van der Waals surface area contributed by atoms with E-state index in [-0.39, 0.29) is 17.9 Å². The van der Waals surface area contributed by atoms with Gasteiger partial charge in [-0.2, -0.15) is 0 Å². The normalized spacial score (nSPS) is 19.1. The first-order chi connectivity index (χ1) is 9.24. The molecule has 2 heteroatoms. The smallest absolute Gasteiger partial charge is 0.223 e. The standard InChI is InChI=1S/C17H21NO/c1-3-7-16(4-2)18-17(19)15-11-10-13-8-5-6-9-14(13)12-15/h1,5-6,8-9,15-16H,4,7,10-12H2,2H3,(H,18,19). The first kappa shape index (κ1) is 13.7. The van der Waals surface area contributed by atoms with E-state index in [9.17, 15) is 4.79 Å². The topological polar surface area (TPSA) is 29.1 Å². The minimum Gasteiger partial charge on any atom is -0.352 e. The number of benzene rings is 1. The van der Waals surface area contributed by atoms with Crippen molar-refractivity contribution in [2.24, 2.45) is 5.92 Å². The van der Waals surface area contributed by atoms with Crippen molar-refractivity contribution in [3.63, 3.8) is 0 Å². The number of terminal acetylenes is 1. The van der Waals surface area contributed by atoms with Crippen molar-refractivity contribution >= 4 is 5.91 Å². The van der Waals surface area contributed by atoms with E-state index in [1.807, 2.05) is 6.07 Å². The molecule has 1 aliphatic carbocycles. The average Bonchev–Trinajstić information content (AvgIpc) is 2.46. The SMILES string of the molecule is C#CCC(CC)NC(=O)C1CCc2ccccc2C1. The molecule has 1 aliphatic rings. The molecule has 0 saturated carbocycles. The van der Waals surface area contributed by atoms with Gasteiger partial charge in [0.05, 0.1) is 0 Å². The van der Waals surface area contributed by atoms with Crippen LogP contribution in [0.3, 0.4) is 0 Å². The molecule has 2 nitrogen and oxygen atoms in total. The summed E-state index contributed by atoms with van der Waals surface area (Å²) in [6.07, 6.45) is 9.62. The van der Waals surface area contributed by atoms with Gasteiger partial charge in [-0.25, -0.2) is 0 Å². The molecule has 0 aromatic heterocycles. The van der Waals surface area contributed by atoms with Crippen LogP contribution in [0.5, 0.6) is 0 Å². The number of carbonyl (C=O) groups is 1. The molecule has 2 unspecified atom stereocenters. The quantitative estimate of drug-likeness (QED) is 0.823. The molecule has 0 aliphatic heterocycles. The number of aryl methyl sites for hydroxylation is 1. The number of rotatable bonds is 4. The van der Waals surface area contributed by atoms with Gasteiger partial charge in [0.25, 0.3) is 0 Å². The fourth-order valence-corrected chi connectivity index (χ4v) is 2.68. The van der Waals surface area contributed by atoms with Crippen molar-refractivity contribution in [2.75, 3.05) is 0 Å². The summed E-state index contributed by atoms with van der Waals surface area (Å²) in [5, 5.41) is 3.09. The summed E-state index contributed by atoms with van der Waals surface area (Å²) in [4.78, 5) is 12.3. The molecule has 2 rings (SSSR count). The van der Waals surface area contributed by atoms with Crippen LogP contribution in [-0.4, -0.2) is 11.9 Å². The summed E-state index contributed by atoms with van der Waals surface area (Å²) in [6.45, 7) is 2.05. The van der Waals surface area contributed by atoms with E-state index in [2.05, 4.69) is 36.4 Å². The Labute approximate surface area is 115 Å². The molecule has 0 radical (unpaired) electrons. The average molecular weight is 255 g/mol. The van der Waals surface area contributed by atoms with E-state index in [1.165, 1.54) is 11.1 Å². The largest absolute Gasteiger partial charge is 0.352 e. The Hall–Kier alpha value is -1.75. The Bertz CT molecular complexity index is 486. The molecular weight excluding hydrogens is 234 g/mol. The zero-order valence-electron chi connectivity index (χ0n) is 11.5. The molecule has 100 valence electrons. The summed E-state index contributed by atoms with van der Waals surface area (Å²) in [7, 11) is 0. The van der Waals surface area contributed by atoms with Crippen molar-refractivity contribution in [3.8, 4) is 12.3 Å². The third-order valence-corrected chi connectivity index (χ3v) is 3.92. The van der Waals surface area contributed by atoms with E-state index in [0.29, 0.717) is 6.42 Å². The Kier molecular flexibility index (Phi) is 4.63. The minimum atomic E-state index is 0.0988. The van der Waals surface area contributed by atoms with Crippen LogP contribution in [0, 0.1) is 18.3 Å². The second-order valence-corrected chi connectivity index (χ2v) is 5.23. The summed E-state index contributed by atoms with van der Waals surface area (Å²) in [5.74, 6) is 2.89. The molecule has 1 amide bonds. The number of hydrogen-bond donors (Lipinski definition) is 1. The lowest BCUT2D eigenvalue weighted by Crippen LogP contribution is -2.40. The lowest BCUT2D eigenvalue weighted by Gasteiger charge is -2.25. The van der Waals surface area contributed by atoms with E-state index >= 15 is 0 Å². The number of carbonyl (C=O) groups excluding carboxylic acids is 1. The minimum absolute atomic E-state index is 0.0988. The van der Waals surface area contributed by atoms with Gasteiger partial charge in [-0.15, -0.1) is 12.3 Å².